The Morgan fingerprint density at radius 3 is 2.75 bits per heavy atom. The Morgan fingerprint density at radius 1 is 1.35 bits per heavy atom. The first kappa shape index (κ1) is 15.1. The van der Waals surface area contributed by atoms with Crippen molar-refractivity contribution in [1.82, 2.24) is 4.90 Å². The van der Waals surface area contributed by atoms with Gasteiger partial charge in [-0.05, 0) is 30.0 Å². The van der Waals surface area contributed by atoms with Crippen LogP contribution in [-0.2, 0) is 6.54 Å². The van der Waals surface area contributed by atoms with Gasteiger partial charge in [-0.1, -0.05) is 19.1 Å². The standard InChI is InChI=1S/C14H19F3N2O/c1-10-5-12(18)9-19(7-10)8-11-3-2-4-13(6-11)20-14(15,16)17/h2-4,6,10,12H,5,7-9,18H2,1H3. The summed E-state index contributed by atoms with van der Waals surface area (Å²) in [4.78, 5) is 2.17. The van der Waals surface area contributed by atoms with E-state index in [0.29, 0.717) is 12.5 Å². The van der Waals surface area contributed by atoms with E-state index in [1.54, 1.807) is 12.1 Å². The number of hydrogen-bond acceptors (Lipinski definition) is 3. The van der Waals surface area contributed by atoms with E-state index in [0.717, 1.165) is 25.1 Å². The predicted molar refractivity (Wildman–Crippen MR) is 70.2 cm³/mol. The maximum Gasteiger partial charge on any atom is 0.573 e. The van der Waals surface area contributed by atoms with Crippen LogP contribution in [0.4, 0.5) is 13.2 Å². The molecule has 20 heavy (non-hydrogen) atoms. The Hall–Kier alpha value is -1.27. The maximum atomic E-state index is 12.2. The molecule has 1 fully saturated rings. The summed E-state index contributed by atoms with van der Waals surface area (Å²) in [7, 11) is 0. The summed E-state index contributed by atoms with van der Waals surface area (Å²) in [5.41, 5.74) is 6.77. The zero-order valence-electron chi connectivity index (χ0n) is 11.4. The molecule has 2 unspecified atom stereocenters. The van der Waals surface area contributed by atoms with E-state index < -0.39 is 6.36 Å². The molecule has 112 valence electrons. The summed E-state index contributed by atoms with van der Waals surface area (Å²) < 4.78 is 40.5. The molecule has 1 aliphatic heterocycles. The number of ether oxygens (including phenoxy) is 1. The van der Waals surface area contributed by atoms with Gasteiger partial charge < -0.3 is 10.5 Å². The van der Waals surface area contributed by atoms with Crippen LogP contribution in [-0.4, -0.2) is 30.4 Å². The number of benzene rings is 1. The third-order valence-corrected chi connectivity index (χ3v) is 3.31. The molecule has 0 amide bonds. The van der Waals surface area contributed by atoms with Gasteiger partial charge in [-0.3, -0.25) is 4.90 Å². The quantitative estimate of drug-likeness (QED) is 0.929. The van der Waals surface area contributed by atoms with Crippen molar-refractivity contribution in [2.24, 2.45) is 11.7 Å². The fourth-order valence-electron chi connectivity index (χ4n) is 2.74. The minimum Gasteiger partial charge on any atom is -0.406 e. The lowest BCUT2D eigenvalue weighted by molar-refractivity contribution is -0.274. The van der Waals surface area contributed by atoms with E-state index in [9.17, 15) is 13.2 Å². The van der Waals surface area contributed by atoms with Crippen molar-refractivity contribution in [3.8, 4) is 5.75 Å². The van der Waals surface area contributed by atoms with Gasteiger partial charge in [0.2, 0.25) is 0 Å². The van der Waals surface area contributed by atoms with Gasteiger partial charge in [-0.15, -0.1) is 13.2 Å². The molecule has 1 aromatic carbocycles. The first-order valence-corrected chi connectivity index (χ1v) is 6.64. The second kappa shape index (κ2) is 6.01. The highest BCUT2D eigenvalue weighted by Crippen LogP contribution is 2.24. The third kappa shape index (κ3) is 4.68. The van der Waals surface area contributed by atoms with E-state index in [1.807, 2.05) is 0 Å². The summed E-state index contributed by atoms with van der Waals surface area (Å²) in [5, 5.41) is 0. The number of alkyl halides is 3. The van der Waals surface area contributed by atoms with Crippen LogP contribution in [0.25, 0.3) is 0 Å². The van der Waals surface area contributed by atoms with Crippen molar-refractivity contribution in [2.75, 3.05) is 13.1 Å². The van der Waals surface area contributed by atoms with Crippen molar-refractivity contribution < 1.29 is 17.9 Å². The summed E-state index contributed by atoms with van der Waals surface area (Å²) in [6.07, 6.45) is -3.66. The first-order chi connectivity index (χ1) is 9.32. The van der Waals surface area contributed by atoms with Gasteiger partial charge in [-0.25, -0.2) is 0 Å². The monoisotopic (exact) mass is 288 g/mol. The lowest BCUT2D eigenvalue weighted by Crippen LogP contribution is -2.45. The van der Waals surface area contributed by atoms with Crippen molar-refractivity contribution in [1.29, 1.82) is 0 Å². The molecule has 1 aliphatic rings. The highest BCUT2D eigenvalue weighted by atomic mass is 19.4. The van der Waals surface area contributed by atoms with Crippen LogP contribution >= 0.6 is 0 Å². The van der Waals surface area contributed by atoms with Crippen LogP contribution in [0.5, 0.6) is 5.75 Å². The molecule has 0 spiro atoms. The number of nitrogens with zero attached hydrogens (tertiary/aromatic N) is 1. The largest absolute Gasteiger partial charge is 0.573 e. The molecule has 3 nitrogen and oxygen atoms in total. The second-order valence-corrected chi connectivity index (χ2v) is 5.49. The topological polar surface area (TPSA) is 38.5 Å². The van der Waals surface area contributed by atoms with E-state index in [1.165, 1.54) is 12.1 Å². The minimum atomic E-state index is -4.65. The van der Waals surface area contributed by atoms with Crippen molar-refractivity contribution in [2.45, 2.75) is 32.3 Å². The van der Waals surface area contributed by atoms with Gasteiger partial charge >= 0.3 is 6.36 Å². The Kier molecular flexibility index (Phi) is 4.55. The molecule has 2 rings (SSSR count). The number of nitrogens with two attached hydrogens (primary N) is 1. The number of halogens is 3. The molecule has 0 aliphatic carbocycles. The molecule has 0 bridgehead atoms. The van der Waals surface area contributed by atoms with Crippen LogP contribution in [0, 0.1) is 5.92 Å². The molecule has 1 aromatic rings. The van der Waals surface area contributed by atoms with Gasteiger partial charge in [-0.2, -0.15) is 0 Å². The van der Waals surface area contributed by atoms with Gasteiger partial charge in [0, 0.05) is 25.7 Å². The average Bonchev–Trinajstić information content (AvgIpc) is 2.25. The predicted octanol–water partition coefficient (Wildman–Crippen LogP) is 2.75. The van der Waals surface area contributed by atoms with Crippen LogP contribution in [0.2, 0.25) is 0 Å². The summed E-state index contributed by atoms with van der Waals surface area (Å²) >= 11 is 0. The third-order valence-electron chi connectivity index (χ3n) is 3.31. The molecule has 0 saturated carbocycles. The molecule has 1 heterocycles. The van der Waals surface area contributed by atoms with E-state index in [-0.39, 0.29) is 11.8 Å². The second-order valence-electron chi connectivity index (χ2n) is 5.49. The summed E-state index contributed by atoms with van der Waals surface area (Å²) in [5.74, 6) is 0.331. The van der Waals surface area contributed by atoms with E-state index in [4.69, 9.17) is 5.73 Å². The highest BCUT2D eigenvalue weighted by Gasteiger charge is 2.31. The first-order valence-electron chi connectivity index (χ1n) is 6.64. The molecule has 6 heteroatoms. The number of piperidine rings is 1. The summed E-state index contributed by atoms with van der Waals surface area (Å²) in [6.45, 7) is 4.41. The van der Waals surface area contributed by atoms with E-state index >= 15 is 0 Å². The highest BCUT2D eigenvalue weighted by molar-refractivity contribution is 5.28. The molecule has 2 N–H and O–H groups in total. The smallest absolute Gasteiger partial charge is 0.406 e. The Morgan fingerprint density at radius 2 is 2.10 bits per heavy atom. The number of rotatable bonds is 3. The van der Waals surface area contributed by atoms with E-state index in [2.05, 4.69) is 16.6 Å². The zero-order chi connectivity index (χ0) is 14.8. The number of likely N-dealkylation sites (tertiary alicyclic amines) is 1. The molecule has 0 radical (unpaired) electrons. The molecular weight excluding hydrogens is 269 g/mol. The lowest BCUT2D eigenvalue weighted by atomic mass is 9.96. The Labute approximate surface area is 116 Å². The average molecular weight is 288 g/mol. The molecule has 1 saturated heterocycles. The van der Waals surface area contributed by atoms with Gasteiger partial charge in [0.15, 0.2) is 0 Å². The van der Waals surface area contributed by atoms with Gasteiger partial charge in [0.1, 0.15) is 5.75 Å². The Balaban J connectivity index is 2.00. The normalized spacial score (nSPS) is 24.6. The fraction of sp³-hybridized carbons (Fsp3) is 0.571. The van der Waals surface area contributed by atoms with Crippen LogP contribution in [0.1, 0.15) is 18.9 Å². The number of hydrogen-bond donors (Lipinski definition) is 1. The van der Waals surface area contributed by atoms with Crippen molar-refractivity contribution in [3.63, 3.8) is 0 Å². The van der Waals surface area contributed by atoms with Crippen molar-refractivity contribution >= 4 is 0 Å². The van der Waals surface area contributed by atoms with Crippen LogP contribution in [0.15, 0.2) is 24.3 Å². The van der Waals surface area contributed by atoms with Crippen LogP contribution < -0.4 is 10.5 Å². The van der Waals surface area contributed by atoms with Gasteiger partial charge in [0.05, 0.1) is 0 Å². The SMILES string of the molecule is CC1CC(N)CN(Cc2cccc(OC(F)(F)F)c2)C1. The minimum absolute atomic E-state index is 0.133. The molecule has 0 aromatic heterocycles. The zero-order valence-corrected chi connectivity index (χ0v) is 11.4. The Bertz CT molecular complexity index is 440. The van der Waals surface area contributed by atoms with Crippen molar-refractivity contribution in [3.05, 3.63) is 29.8 Å². The molecule has 2 atom stereocenters. The fourth-order valence-corrected chi connectivity index (χ4v) is 2.74. The maximum absolute atomic E-state index is 12.2. The lowest BCUT2D eigenvalue weighted by Gasteiger charge is -2.34. The van der Waals surface area contributed by atoms with Crippen LogP contribution in [0.3, 0.4) is 0 Å². The molecular formula is C14H19F3N2O. The summed E-state index contributed by atoms with van der Waals surface area (Å²) in [6, 6.07) is 6.24. The van der Waals surface area contributed by atoms with Gasteiger partial charge in [0.25, 0.3) is 0 Å².